The number of benzene rings is 1. The number of methoxy groups -OCH3 is 1. The first kappa shape index (κ1) is 13.6. The van der Waals surface area contributed by atoms with E-state index in [1.807, 2.05) is 32.0 Å². The van der Waals surface area contributed by atoms with Gasteiger partial charge in [-0.3, -0.25) is 4.79 Å². The Morgan fingerprint density at radius 3 is 2.76 bits per heavy atom. The minimum absolute atomic E-state index is 0.126. The molecular weight excluding hydrogens is 216 g/mol. The fourth-order valence-electron chi connectivity index (χ4n) is 1.86. The Morgan fingerprint density at radius 2 is 2.12 bits per heavy atom. The van der Waals surface area contributed by atoms with Crippen LogP contribution < -0.4 is 4.74 Å². The van der Waals surface area contributed by atoms with E-state index >= 15 is 0 Å². The van der Waals surface area contributed by atoms with Crippen LogP contribution >= 0.6 is 0 Å². The van der Waals surface area contributed by atoms with E-state index in [4.69, 9.17) is 9.47 Å². The molecule has 0 N–H and O–H groups in total. The van der Waals surface area contributed by atoms with Gasteiger partial charge in [0.1, 0.15) is 5.75 Å². The molecule has 0 saturated carbocycles. The molecular formula is C14H20O3. The van der Waals surface area contributed by atoms with E-state index in [-0.39, 0.29) is 5.97 Å². The second-order valence-electron chi connectivity index (χ2n) is 3.93. The van der Waals surface area contributed by atoms with Crippen molar-refractivity contribution >= 4 is 5.97 Å². The van der Waals surface area contributed by atoms with Gasteiger partial charge in [-0.05, 0) is 37.8 Å². The second kappa shape index (κ2) is 6.94. The minimum Gasteiger partial charge on any atom is -0.496 e. The van der Waals surface area contributed by atoms with Gasteiger partial charge in [0.15, 0.2) is 0 Å². The quantitative estimate of drug-likeness (QED) is 0.712. The highest BCUT2D eigenvalue weighted by molar-refractivity contribution is 5.69. The van der Waals surface area contributed by atoms with Crippen molar-refractivity contribution in [3.8, 4) is 5.75 Å². The van der Waals surface area contributed by atoms with Crippen LogP contribution in [0.3, 0.4) is 0 Å². The van der Waals surface area contributed by atoms with Crippen LogP contribution in [0.5, 0.6) is 5.75 Å². The normalized spacial score (nSPS) is 10.1. The van der Waals surface area contributed by atoms with Crippen LogP contribution in [-0.2, 0) is 16.0 Å². The number of hydrogen-bond donors (Lipinski definition) is 0. The summed E-state index contributed by atoms with van der Waals surface area (Å²) in [5.41, 5.74) is 2.28. The highest BCUT2D eigenvalue weighted by Gasteiger charge is 2.07. The average Bonchev–Trinajstić information content (AvgIpc) is 2.29. The third kappa shape index (κ3) is 4.10. The number of carbonyl (C=O) groups is 1. The van der Waals surface area contributed by atoms with E-state index in [0.29, 0.717) is 13.0 Å². The Labute approximate surface area is 103 Å². The van der Waals surface area contributed by atoms with Gasteiger partial charge in [0.2, 0.25) is 0 Å². The zero-order valence-corrected chi connectivity index (χ0v) is 10.8. The predicted molar refractivity (Wildman–Crippen MR) is 67.3 cm³/mol. The van der Waals surface area contributed by atoms with Crippen molar-refractivity contribution in [3.63, 3.8) is 0 Å². The summed E-state index contributed by atoms with van der Waals surface area (Å²) in [6.07, 6.45) is 2.09. The fraction of sp³-hybridized carbons (Fsp3) is 0.500. The maximum Gasteiger partial charge on any atom is 0.305 e. The maximum absolute atomic E-state index is 11.2. The molecule has 0 bridgehead atoms. The van der Waals surface area contributed by atoms with Crippen LogP contribution in [0.25, 0.3) is 0 Å². The van der Waals surface area contributed by atoms with Crippen LogP contribution in [-0.4, -0.2) is 19.7 Å². The monoisotopic (exact) mass is 236 g/mol. The molecule has 17 heavy (non-hydrogen) atoms. The van der Waals surface area contributed by atoms with Gasteiger partial charge in [0.25, 0.3) is 0 Å². The van der Waals surface area contributed by atoms with Crippen LogP contribution in [0.2, 0.25) is 0 Å². The topological polar surface area (TPSA) is 35.5 Å². The van der Waals surface area contributed by atoms with Gasteiger partial charge < -0.3 is 9.47 Å². The lowest BCUT2D eigenvalue weighted by molar-refractivity contribution is -0.143. The summed E-state index contributed by atoms with van der Waals surface area (Å²) < 4.78 is 10.3. The molecule has 0 heterocycles. The third-order valence-corrected chi connectivity index (χ3v) is 2.63. The lowest BCUT2D eigenvalue weighted by Gasteiger charge is -2.10. The second-order valence-corrected chi connectivity index (χ2v) is 3.93. The summed E-state index contributed by atoms with van der Waals surface area (Å²) in [5.74, 6) is 0.801. The highest BCUT2D eigenvalue weighted by atomic mass is 16.5. The number of ether oxygens (including phenoxy) is 2. The number of para-hydroxylation sites is 1. The molecule has 0 fully saturated rings. The zero-order chi connectivity index (χ0) is 12.7. The minimum atomic E-state index is -0.126. The fourth-order valence-corrected chi connectivity index (χ4v) is 1.86. The van der Waals surface area contributed by atoms with Crippen molar-refractivity contribution in [2.75, 3.05) is 13.7 Å². The highest BCUT2D eigenvalue weighted by Crippen LogP contribution is 2.24. The summed E-state index contributed by atoms with van der Waals surface area (Å²) in [6.45, 7) is 4.29. The molecule has 0 radical (unpaired) electrons. The molecule has 0 aromatic heterocycles. The summed E-state index contributed by atoms with van der Waals surface area (Å²) >= 11 is 0. The molecule has 0 amide bonds. The molecule has 3 nitrogen and oxygen atoms in total. The van der Waals surface area contributed by atoms with E-state index in [0.717, 1.165) is 29.7 Å². The number of rotatable bonds is 6. The Hall–Kier alpha value is -1.51. The van der Waals surface area contributed by atoms with Gasteiger partial charge in [-0.2, -0.15) is 0 Å². The van der Waals surface area contributed by atoms with Crippen LogP contribution in [0.15, 0.2) is 18.2 Å². The Bertz CT molecular complexity index is 372. The van der Waals surface area contributed by atoms with Gasteiger partial charge in [0, 0.05) is 6.42 Å². The molecule has 3 heteroatoms. The first-order valence-electron chi connectivity index (χ1n) is 5.97. The molecule has 0 aliphatic carbocycles. The van der Waals surface area contributed by atoms with E-state index in [1.54, 1.807) is 7.11 Å². The lowest BCUT2D eigenvalue weighted by atomic mass is 10.0. The van der Waals surface area contributed by atoms with Gasteiger partial charge in [-0.1, -0.05) is 18.2 Å². The lowest BCUT2D eigenvalue weighted by Crippen LogP contribution is -2.04. The van der Waals surface area contributed by atoms with E-state index in [2.05, 4.69) is 0 Å². The maximum atomic E-state index is 11.2. The van der Waals surface area contributed by atoms with E-state index < -0.39 is 0 Å². The molecule has 0 saturated heterocycles. The molecule has 0 atom stereocenters. The van der Waals surface area contributed by atoms with Crippen molar-refractivity contribution < 1.29 is 14.3 Å². The molecule has 0 aliphatic heterocycles. The Morgan fingerprint density at radius 1 is 1.35 bits per heavy atom. The largest absolute Gasteiger partial charge is 0.496 e. The van der Waals surface area contributed by atoms with Crippen LogP contribution in [0.4, 0.5) is 0 Å². The molecule has 94 valence electrons. The average molecular weight is 236 g/mol. The number of aryl methyl sites for hydroxylation is 2. The summed E-state index contributed by atoms with van der Waals surface area (Å²) in [4.78, 5) is 11.2. The Kier molecular flexibility index (Phi) is 5.53. The SMILES string of the molecule is CCOC(=O)CCCc1cccc(C)c1OC. The molecule has 1 aromatic carbocycles. The van der Waals surface area contributed by atoms with Crippen LogP contribution in [0, 0.1) is 6.92 Å². The summed E-state index contributed by atoms with van der Waals surface area (Å²) in [5, 5.41) is 0. The first-order valence-corrected chi connectivity index (χ1v) is 5.97. The molecule has 0 spiro atoms. The summed E-state index contributed by atoms with van der Waals surface area (Å²) in [6, 6.07) is 6.07. The summed E-state index contributed by atoms with van der Waals surface area (Å²) in [7, 11) is 1.68. The predicted octanol–water partition coefficient (Wildman–Crippen LogP) is 2.89. The first-order chi connectivity index (χ1) is 8.19. The molecule has 0 unspecified atom stereocenters. The van der Waals surface area contributed by atoms with Crippen molar-refractivity contribution in [2.24, 2.45) is 0 Å². The van der Waals surface area contributed by atoms with Crippen LogP contribution in [0.1, 0.15) is 30.9 Å². The smallest absolute Gasteiger partial charge is 0.305 e. The van der Waals surface area contributed by atoms with Crippen molar-refractivity contribution in [3.05, 3.63) is 29.3 Å². The van der Waals surface area contributed by atoms with Crippen molar-refractivity contribution in [1.29, 1.82) is 0 Å². The standard InChI is InChI=1S/C14H20O3/c1-4-17-13(15)10-6-9-12-8-5-7-11(2)14(12)16-3/h5,7-8H,4,6,9-10H2,1-3H3. The number of esters is 1. The molecule has 1 aromatic rings. The van der Waals surface area contributed by atoms with Gasteiger partial charge in [0.05, 0.1) is 13.7 Å². The van der Waals surface area contributed by atoms with Gasteiger partial charge in [-0.15, -0.1) is 0 Å². The Balaban J connectivity index is 2.52. The van der Waals surface area contributed by atoms with Crippen molar-refractivity contribution in [2.45, 2.75) is 33.1 Å². The zero-order valence-electron chi connectivity index (χ0n) is 10.8. The number of hydrogen-bond acceptors (Lipinski definition) is 3. The number of carbonyl (C=O) groups excluding carboxylic acids is 1. The molecule has 1 rings (SSSR count). The molecule has 0 aliphatic rings. The van der Waals surface area contributed by atoms with E-state index in [9.17, 15) is 4.79 Å². The van der Waals surface area contributed by atoms with Gasteiger partial charge >= 0.3 is 5.97 Å². The van der Waals surface area contributed by atoms with Crippen molar-refractivity contribution in [1.82, 2.24) is 0 Å². The van der Waals surface area contributed by atoms with E-state index in [1.165, 1.54) is 0 Å². The third-order valence-electron chi connectivity index (χ3n) is 2.63. The van der Waals surface area contributed by atoms with Gasteiger partial charge in [-0.25, -0.2) is 0 Å².